The molecule has 2 aromatic heterocycles. The number of benzene rings is 1. The summed E-state index contributed by atoms with van der Waals surface area (Å²) >= 11 is 1.49. The smallest absolute Gasteiger partial charge is 0.354 e. The molecule has 124 valence electrons. The summed E-state index contributed by atoms with van der Waals surface area (Å²) in [6.45, 7) is 1.61. The van der Waals surface area contributed by atoms with Gasteiger partial charge < -0.3 is 15.5 Å². The molecule has 1 aromatic carbocycles. The standard InChI is InChI=1S/C10H7NO2.C7H9NO2S/c12-10(13)9-5-7-3-1-2-4-8(7)6-11-9;1-5(7(9)10)8-6-3-2-4-11-6/h1-6H,(H,12,13);2-5,8H,1H3,(H,9,10)/t;5-/m.0/s1. The molecular formula is C17H16N2O4S. The predicted octanol–water partition coefficient (Wildman–Crippen LogP) is 3.57. The van der Waals surface area contributed by atoms with Gasteiger partial charge in [-0.25, -0.2) is 9.78 Å². The van der Waals surface area contributed by atoms with Gasteiger partial charge in [0.15, 0.2) is 0 Å². The number of hydrogen-bond donors (Lipinski definition) is 3. The van der Waals surface area contributed by atoms with Gasteiger partial charge in [-0.15, -0.1) is 11.3 Å². The van der Waals surface area contributed by atoms with Crippen molar-refractivity contribution >= 4 is 39.0 Å². The molecule has 6 nitrogen and oxygen atoms in total. The van der Waals surface area contributed by atoms with Crippen molar-refractivity contribution < 1.29 is 19.8 Å². The van der Waals surface area contributed by atoms with E-state index in [1.54, 1.807) is 19.2 Å². The molecule has 0 unspecified atom stereocenters. The monoisotopic (exact) mass is 344 g/mol. The summed E-state index contributed by atoms with van der Waals surface area (Å²) in [4.78, 5) is 24.8. The van der Waals surface area contributed by atoms with Crippen molar-refractivity contribution in [3.63, 3.8) is 0 Å². The highest BCUT2D eigenvalue weighted by atomic mass is 32.1. The molecule has 0 aliphatic rings. The van der Waals surface area contributed by atoms with Crippen LogP contribution in [0.2, 0.25) is 0 Å². The normalized spacial score (nSPS) is 11.2. The minimum atomic E-state index is -0.995. The number of carboxylic acid groups (broad SMARTS) is 2. The molecule has 0 amide bonds. The lowest BCUT2D eigenvalue weighted by molar-refractivity contribution is -0.137. The average molecular weight is 344 g/mol. The molecule has 3 rings (SSSR count). The first-order valence-electron chi connectivity index (χ1n) is 7.08. The Labute approximate surface area is 142 Å². The Kier molecular flexibility index (Phi) is 5.86. The first kappa shape index (κ1) is 17.4. The van der Waals surface area contributed by atoms with Crippen molar-refractivity contribution in [3.8, 4) is 0 Å². The van der Waals surface area contributed by atoms with Gasteiger partial charge in [-0.3, -0.25) is 4.79 Å². The summed E-state index contributed by atoms with van der Waals surface area (Å²) in [7, 11) is 0. The van der Waals surface area contributed by atoms with Crippen molar-refractivity contribution in [2.24, 2.45) is 0 Å². The zero-order valence-electron chi connectivity index (χ0n) is 12.8. The Hall–Kier alpha value is -2.93. The minimum absolute atomic E-state index is 0.0821. The fourth-order valence-electron chi connectivity index (χ4n) is 1.84. The van der Waals surface area contributed by atoms with Crippen molar-refractivity contribution in [1.29, 1.82) is 0 Å². The number of pyridine rings is 1. The third kappa shape index (κ3) is 4.79. The van der Waals surface area contributed by atoms with Crippen LogP contribution in [0.5, 0.6) is 0 Å². The molecule has 0 spiro atoms. The summed E-state index contributed by atoms with van der Waals surface area (Å²) in [5.74, 6) is -1.83. The summed E-state index contributed by atoms with van der Waals surface area (Å²) in [5, 5.41) is 24.7. The van der Waals surface area contributed by atoms with Gasteiger partial charge >= 0.3 is 11.9 Å². The van der Waals surface area contributed by atoms with Gasteiger partial charge in [0.25, 0.3) is 0 Å². The number of anilines is 1. The number of aromatic nitrogens is 1. The highest BCUT2D eigenvalue weighted by Gasteiger charge is 2.09. The molecule has 0 fully saturated rings. The largest absolute Gasteiger partial charge is 0.480 e. The van der Waals surface area contributed by atoms with E-state index in [1.165, 1.54) is 11.3 Å². The van der Waals surface area contributed by atoms with Gasteiger partial charge in [0.2, 0.25) is 0 Å². The molecule has 2 heterocycles. The molecule has 3 N–H and O–H groups in total. The fourth-order valence-corrected chi connectivity index (χ4v) is 2.54. The van der Waals surface area contributed by atoms with E-state index < -0.39 is 18.0 Å². The van der Waals surface area contributed by atoms with Crippen LogP contribution < -0.4 is 5.32 Å². The van der Waals surface area contributed by atoms with Crippen LogP contribution in [-0.4, -0.2) is 33.2 Å². The molecule has 0 bridgehead atoms. The third-order valence-corrected chi connectivity index (χ3v) is 3.90. The second kappa shape index (κ2) is 8.07. The number of aliphatic carboxylic acids is 1. The van der Waals surface area contributed by atoms with E-state index >= 15 is 0 Å². The summed E-state index contributed by atoms with van der Waals surface area (Å²) in [5.41, 5.74) is 0.0821. The maximum atomic E-state index is 10.6. The minimum Gasteiger partial charge on any atom is -0.480 e. The van der Waals surface area contributed by atoms with Crippen molar-refractivity contribution in [3.05, 3.63) is 59.7 Å². The molecule has 1 atom stereocenters. The number of carbonyl (C=O) groups is 2. The second-order valence-corrected chi connectivity index (χ2v) is 5.85. The lowest BCUT2D eigenvalue weighted by atomic mass is 10.1. The Morgan fingerprint density at radius 3 is 2.42 bits per heavy atom. The van der Waals surface area contributed by atoms with Crippen LogP contribution >= 0.6 is 11.3 Å². The SMILES string of the molecule is C[C@H](Nc1cccs1)C(=O)O.O=C(O)c1cc2ccccc2cn1. The zero-order chi connectivity index (χ0) is 17.5. The van der Waals surface area contributed by atoms with Crippen molar-refractivity contribution in [1.82, 2.24) is 4.98 Å². The topological polar surface area (TPSA) is 99.5 Å². The number of thiophene rings is 1. The Balaban J connectivity index is 0.000000177. The van der Waals surface area contributed by atoms with Gasteiger partial charge in [0.1, 0.15) is 11.7 Å². The molecule has 24 heavy (non-hydrogen) atoms. The molecule has 0 aliphatic heterocycles. The van der Waals surface area contributed by atoms with Crippen molar-refractivity contribution in [2.75, 3.05) is 5.32 Å². The van der Waals surface area contributed by atoms with Gasteiger partial charge in [-0.2, -0.15) is 0 Å². The van der Waals surface area contributed by atoms with Gasteiger partial charge in [-0.1, -0.05) is 24.3 Å². The fraction of sp³-hybridized carbons (Fsp3) is 0.118. The summed E-state index contributed by atoms with van der Waals surface area (Å²) in [6.07, 6.45) is 1.57. The number of nitrogens with one attached hydrogen (secondary N) is 1. The van der Waals surface area contributed by atoms with Crippen LogP contribution in [0.25, 0.3) is 10.8 Å². The van der Waals surface area contributed by atoms with Crippen LogP contribution in [-0.2, 0) is 4.79 Å². The number of nitrogens with zero attached hydrogens (tertiary/aromatic N) is 1. The van der Waals surface area contributed by atoms with Gasteiger partial charge in [0.05, 0.1) is 5.00 Å². The van der Waals surface area contributed by atoms with Gasteiger partial charge in [-0.05, 0) is 35.9 Å². The molecular weight excluding hydrogens is 328 g/mol. The van der Waals surface area contributed by atoms with E-state index in [0.29, 0.717) is 0 Å². The Morgan fingerprint density at radius 1 is 1.12 bits per heavy atom. The molecule has 3 aromatic rings. The van der Waals surface area contributed by atoms with E-state index in [0.717, 1.165) is 15.8 Å². The zero-order valence-corrected chi connectivity index (χ0v) is 13.7. The number of hydrogen-bond acceptors (Lipinski definition) is 5. The van der Waals surface area contributed by atoms with E-state index in [-0.39, 0.29) is 5.69 Å². The second-order valence-electron chi connectivity index (χ2n) is 4.90. The van der Waals surface area contributed by atoms with Crippen LogP contribution in [0.15, 0.2) is 54.0 Å². The molecule has 0 radical (unpaired) electrons. The van der Waals surface area contributed by atoms with Crippen LogP contribution in [0.4, 0.5) is 5.00 Å². The summed E-state index contributed by atoms with van der Waals surface area (Å²) in [6, 6.07) is 12.3. The van der Waals surface area contributed by atoms with Crippen LogP contribution in [0.3, 0.4) is 0 Å². The average Bonchev–Trinajstić information content (AvgIpc) is 3.07. The summed E-state index contributed by atoms with van der Waals surface area (Å²) < 4.78 is 0. The maximum Gasteiger partial charge on any atom is 0.354 e. The lowest BCUT2D eigenvalue weighted by Gasteiger charge is -2.06. The molecule has 0 saturated carbocycles. The van der Waals surface area contributed by atoms with Crippen molar-refractivity contribution in [2.45, 2.75) is 13.0 Å². The lowest BCUT2D eigenvalue weighted by Crippen LogP contribution is -2.24. The van der Waals surface area contributed by atoms with Crippen LogP contribution in [0, 0.1) is 0 Å². The maximum absolute atomic E-state index is 10.6. The third-order valence-electron chi connectivity index (χ3n) is 3.10. The van der Waals surface area contributed by atoms with E-state index in [2.05, 4.69) is 10.3 Å². The predicted molar refractivity (Wildman–Crippen MR) is 93.7 cm³/mol. The number of carboxylic acids is 2. The first-order chi connectivity index (χ1) is 11.5. The van der Waals surface area contributed by atoms with E-state index in [4.69, 9.17) is 10.2 Å². The van der Waals surface area contributed by atoms with E-state index in [9.17, 15) is 9.59 Å². The molecule has 0 saturated heterocycles. The molecule has 0 aliphatic carbocycles. The highest BCUT2D eigenvalue weighted by Crippen LogP contribution is 2.15. The quantitative estimate of drug-likeness (QED) is 0.669. The number of fused-ring (bicyclic) bond motifs is 1. The Bertz CT molecular complexity index is 833. The van der Waals surface area contributed by atoms with E-state index in [1.807, 2.05) is 41.8 Å². The number of rotatable bonds is 4. The highest BCUT2D eigenvalue weighted by molar-refractivity contribution is 7.14. The number of aromatic carboxylic acids is 1. The van der Waals surface area contributed by atoms with Crippen LogP contribution in [0.1, 0.15) is 17.4 Å². The first-order valence-corrected chi connectivity index (χ1v) is 7.96. The Morgan fingerprint density at radius 2 is 1.83 bits per heavy atom. The van der Waals surface area contributed by atoms with Gasteiger partial charge in [0, 0.05) is 11.6 Å². The molecule has 7 heteroatoms.